The second kappa shape index (κ2) is 11.3. The highest BCUT2D eigenvalue weighted by Gasteiger charge is 2.37. The Bertz CT molecular complexity index is 988. The van der Waals surface area contributed by atoms with Crippen LogP contribution in [0.3, 0.4) is 0 Å². The number of pyridine rings is 1. The summed E-state index contributed by atoms with van der Waals surface area (Å²) in [6, 6.07) is 10.9. The highest BCUT2D eigenvalue weighted by molar-refractivity contribution is 5.97. The van der Waals surface area contributed by atoms with Gasteiger partial charge in [-0.05, 0) is 49.9 Å². The number of benzene rings is 1. The summed E-state index contributed by atoms with van der Waals surface area (Å²) in [6.07, 6.45) is 6.26. The van der Waals surface area contributed by atoms with Crippen molar-refractivity contribution in [3.8, 4) is 11.6 Å². The molecule has 0 aliphatic carbocycles. The number of aromatic nitrogens is 1. The summed E-state index contributed by atoms with van der Waals surface area (Å²) in [6.45, 7) is 3.43. The van der Waals surface area contributed by atoms with Gasteiger partial charge in [0, 0.05) is 37.9 Å². The molecule has 1 fully saturated rings. The largest absolute Gasteiger partial charge is 0.492 e. The number of fused-ring (bicyclic) bond motifs is 1. The van der Waals surface area contributed by atoms with E-state index in [-0.39, 0.29) is 17.2 Å². The molecule has 2 aliphatic rings. The molecule has 34 heavy (non-hydrogen) atoms. The molecule has 182 valence electrons. The Morgan fingerprint density at radius 2 is 1.91 bits per heavy atom. The molecular formula is C26H33N3O5. The van der Waals surface area contributed by atoms with Gasteiger partial charge in [0.05, 0.1) is 25.9 Å². The molecule has 2 aromatic rings. The van der Waals surface area contributed by atoms with Crippen LogP contribution in [0.4, 0.5) is 0 Å². The number of nitrogens with one attached hydrogen (secondary N) is 1. The van der Waals surface area contributed by atoms with E-state index in [9.17, 15) is 9.59 Å². The second-order valence-corrected chi connectivity index (χ2v) is 8.96. The Morgan fingerprint density at radius 1 is 1.09 bits per heavy atom. The molecule has 8 nitrogen and oxygen atoms in total. The summed E-state index contributed by atoms with van der Waals surface area (Å²) in [5, 5.41) is 2.90. The Labute approximate surface area is 200 Å². The third-order valence-corrected chi connectivity index (χ3v) is 6.75. The van der Waals surface area contributed by atoms with Gasteiger partial charge in [0.15, 0.2) is 0 Å². The number of piperidine rings is 1. The van der Waals surface area contributed by atoms with Crippen molar-refractivity contribution in [2.45, 2.75) is 32.1 Å². The number of carbonyl (C=O) groups excluding carboxylic acids is 2. The summed E-state index contributed by atoms with van der Waals surface area (Å²) >= 11 is 0. The number of methoxy groups -OCH3 is 1. The van der Waals surface area contributed by atoms with Crippen LogP contribution < -0.4 is 14.8 Å². The van der Waals surface area contributed by atoms with Gasteiger partial charge in [-0.25, -0.2) is 4.98 Å². The zero-order valence-electron chi connectivity index (χ0n) is 19.8. The predicted octanol–water partition coefficient (Wildman–Crippen LogP) is 3.32. The molecule has 1 spiro atoms. The minimum Gasteiger partial charge on any atom is -0.492 e. The lowest BCUT2D eigenvalue weighted by Crippen LogP contribution is -2.45. The molecule has 4 rings (SSSR count). The first-order valence-corrected chi connectivity index (χ1v) is 12.0. The normalized spacial score (nSPS) is 19.3. The molecule has 2 amide bonds. The molecule has 1 N–H and O–H groups in total. The van der Waals surface area contributed by atoms with E-state index in [1.165, 1.54) is 7.11 Å². The Hall–Kier alpha value is -3.13. The molecule has 1 aromatic heterocycles. The van der Waals surface area contributed by atoms with Gasteiger partial charge in [0.25, 0.3) is 11.8 Å². The van der Waals surface area contributed by atoms with E-state index >= 15 is 0 Å². The standard InChI is InChI=1S/C26H33N3O5/c1-32-24-21(8-6-13-28-24)25(31)29-15-11-26(12-16-29)10-4-5-17-33-18-14-27-23(30)20-7-2-3-9-22(20)34-19-26/h2-3,6-9,13H,4-5,10-12,14-19H2,1H3,(H,27,30). The Kier molecular flexibility index (Phi) is 8.00. The SMILES string of the molecule is COc1ncccc1C(=O)N1CCC2(CCCCOCCNC(=O)c3ccccc3OC2)CC1. The van der Waals surface area contributed by atoms with Crippen LogP contribution in [0.25, 0.3) is 0 Å². The molecular weight excluding hydrogens is 434 g/mol. The lowest BCUT2D eigenvalue weighted by atomic mass is 9.75. The maximum atomic E-state index is 13.1. The highest BCUT2D eigenvalue weighted by Crippen LogP contribution is 2.38. The van der Waals surface area contributed by atoms with Crippen LogP contribution in [0, 0.1) is 5.41 Å². The van der Waals surface area contributed by atoms with Gasteiger partial charge in [0.1, 0.15) is 11.3 Å². The fourth-order valence-corrected chi connectivity index (χ4v) is 4.69. The number of hydrogen-bond acceptors (Lipinski definition) is 6. The monoisotopic (exact) mass is 467 g/mol. The number of likely N-dealkylation sites (tertiary alicyclic amines) is 1. The van der Waals surface area contributed by atoms with Gasteiger partial charge >= 0.3 is 0 Å². The first-order valence-electron chi connectivity index (χ1n) is 12.0. The molecule has 0 atom stereocenters. The molecule has 0 bridgehead atoms. The van der Waals surface area contributed by atoms with E-state index in [1.807, 2.05) is 23.1 Å². The van der Waals surface area contributed by atoms with E-state index in [2.05, 4.69) is 10.3 Å². The summed E-state index contributed by atoms with van der Waals surface area (Å²) in [5.74, 6) is 0.730. The summed E-state index contributed by atoms with van der Waals surface area (Å²) in [4.78, 5) is 31.8. The van der Waals surface area contributed by atoms with Crippen LogP contribution in [-0.2, 0) is 4.74 Å². The third-order valence-electron chi connectivity index (χ3n) is 6.75. The average molecular weight is 468 g/mol. The molecule has 0 radical (unpaired) electrons. The molecule has 1 aromatic carbocycles. The summed E-state index contributed by atoms with van der Waals surface area (Å²) < 4.78 is 17.3. The number of hydrogen-bond donors (Lipinski definition) is 1. The lowest BCUT2D eigenvalue weighted by Gasteiger charge is -2.42. The van der Waals surface area contributed by atoms with Gasteiger partial charge in [-0.3, -0.25) is 9.59 Å². The smallest absolute Gasteiger partial charge is 0.259 e. The molecule has 0 unspecified atom stereocenters. The van der Waals surface area contributed by atoms with E-state index in [4.69, 9.17) is 14.2 Å². The van der Waals surface area contributed by atoms with Crippen molar-refractivity contribution in [2.24, 2.45) is 5.41 Å². The van der Waals surface area contributed by atoms with Crippen molar-refractivity contribution in [2.75, 3.05) is 46.6 Å². The Morgan fingerprint density at radius 3 is 2.74 bits per heavy atom. The number of para-hydroxylation sites is 1. The van der Waals surface area contributed by atoms with Crippen LogP contribution in [0.15, 0.2) is 42.6 Å². The van der Waals surface area contributed by atoms with E-state index in [1.54, 1.807) is 24.4 Å². The number of carbonyl (C=O) groups is 2. The van der Waals surface area contributed by atoms with E-state index in [0.29, 0.717) is 62.2 Å². The van der Waals surface area contributed by atoms with E-state index < -0.39 is 0 Å². The molecule has 3 heterocycles. The van der Waals surface area contributed by atoms with Crippen molar-refractivity contribution < 1.29 is 23.8 Å². The van der Waals surface area contributed by atoms with Crippen molar-refractivity contribution in [3.63, 3.8) is 0 Å². The summed E-state index contributed by atoms with van der Waals surface area (Å²) in [7, 11) is 1.53. The average Bonchev–Trinajstić information content (AvgIpc) is 2.88. The minimum atomic E-state index is -0.156. The maximum absolute atomic E-state index is 13.1. The fourth-order valence-electron chi connectivity index (χ4n) is 4.69. The third kappa shape index (κ3) is 5.67. The second-order valence-electron chi connectivity index (χ2n) is 8.96. The maximum Gasteiger partial charge on any atom is 0.259 e. The first-order chi connectivity index (χ1) is 16.6. The fraction of sp³-hybridized carbons (Fsp3) is 0.500. The van der Waals surface area contributed by atoms with Crippen LogP contribution >= 0.6 is 0 Å². The van der Waals surface area contributed by atoms with Crippen LogP contribution in [0.1, 0.15) is 52.8 Å². The van der Waals surface area contributed by atoms with Crippen molar-refractivity contribution >= 4 is 11.8 Å². The first kappa shape index (κ1) is 24.0. The topological polar surface area (TPSA) is 90.0 Å². The van der Waals surface area contributed by atoms with Crippen LogP contribution in [0.5, 0.6) is 11.6 Å². The molecule has 2 aliphatic heterocycles. The highest BCUT2D eigenvalue weighted by atomic mass is 16.5. The summed E-state index contributed by atoms with van der Waals surface area (Å²) in [5.41, 5.74) is 0.954. The molecule has 0 saturated carbocycles. The van der Waals surface area contributed by atoms with E-state index in [0.717, 1.165) is 32.1 Å². The zero-order chi connectivity index (χ0) is 23.8. The van der Waals surface area contributed by atoms with Crippen LogP contribution in [0.2, 0.25) is 0 Å². The molecule has 8 heteroatoms. The predicted molar refractivity (Wildman–Crippen MR) is 127 cm³/mol. The number of rotatable bonds is 2. The van der Waals surface area contributed by atoms with Gasteiger partial charge in [-0.2, -0.15) is 0 Å². The van der Waals surface area contributed by atoms with Crippen LogP contribution in [-0.4, -0.2) is 68.3 Å². The zero-order valence-corrected chi connectivity index (χ0v) is 19.8. The van der Waals surface area contributed by atoms with Gasteiger partial charge in [-0.15, -0.1) is 0 Å². The number of amides is 2. The molecule has 1 saturated heterocycles. The lowest BCUT2D eigenvalue weighted by molar-refractivity contribution is 0.0338. The van der Waals surface area contributed by atoms with Crippen molar-refractivity contribution in [1.29, 1.82) is 0 Å². The van der Waals surface area contributed by atoms with Gasteiger partial charge in [-0.1, -0.05) is 18.6 Å². The van der Waals surface area contributed by atoms with Crippen molar-refractivity contribution in [3.05, 3.63) is 53.7 Å². The minimum absolute atomic E-state index is 0.0583. The number of ether oxygens (including phenoxy) is 3. The number of nitrogens with zero attached hydrogens (tertiary/aromatic N) is 2. The Balaban J connectivity index is 1.48. The van der Waals surface area contributed by atoms with Gasteiger partial charge in [0.2, 0.25) is 5.88 Å². The van der Waals surface area contributed by atoms with Crippen molar-refractivity contribution in [1.82, 2.24) is 15.2 Å². The van der Waals surface area contributed by atoms with Gasteiger partial charge < -0.3 is 24.4 Å². The quantitative estimate of drug-likeness (QED) is 0.729.